The second-order valence-corrected chi connectivity index (χ2v) is 5.75. The number of aryl methyl sites for hydroxylation is 3. The maximum atomic E-state index is 10.9. The summed E-state index contributed by atoms with van der Waals surface area (Å²) in [5, 5.41) is 30.0. The Morgan fingerprint density at radius 2 is 1.83 bits per heavy atom. The fourth-order valence-corrected chi connectivity index (χ4v) is 2.65. The fourth-order valence-electron chi connectivity index (χ4n) is 2.65. The second-order valence-electron chi connectivity index (χ2n) is 5.75. The van der Waals surface area contributed by atoms with Gasteiger partial charge in [-0.2, -0.15) is 0 Å². The Morgan fingerprint density at radius 1 is 1.08 bits per heavy atom. The monoisotopic (exact) mass is 324 g/mol. The van der Waals surface area contributed by atoms with Crippen LogP contribution in [0.3, 0.4) is 0 Å². The number of nitrogens with zero attached hydrogens (tertiary/aromatic N) is 3. The van der Waals surface area contributed by atoms with Crippen molar-refractivity contribution in [2.24, 2.45) is 10.2 Å². The van der Waals surface area contributed by atoms with Crippen molar-refractivity contribution < 1.29 is 10.0 Å². The van der Waals surface area contributed by atoms with Crippen molar-refractivity contribution in [3.63, 3.8) is 0 Å². The van der Waals surface area contributed by atoms with Crippen molar-refractivity contribution in [3.8, 4) is 5.88 Å². The zero-order chi connectivity index (χ0) is 17.4. The first-order chi connectivity index (χ1) is 11.4. The summed E-state index contributed by atoms with van der Waals surface area (Å²) in [7, 11) is 0. The van der Waals surface area contributed by atoms with E-state index in [-0.39, 0.29) is 11.6 Å². The molecule has 0 aliphatic carbocycles. The molecule has 24 heavy (non-hydrogen) atoms. The third kappa shape index (κ3) is 2.71. The van der Waals surface area contributed by atoms with Crippen LogP contribution in [-0.2, 0) is 0 Å². The molecular weight excluding hydrogens is 308 g/mol. The molecule has 7 heteroatoms. The third-order valence-electron chi connectivity index (χ3n) is 3.86. The van der Waals surface area contributed by atoms with Gasteiger partial charge in [0, 0.05) is 17.5 Å². The van der Waals surface area contributed by atoms with Crippen LogP contribution < -0.4 is 0 Å². The lowest BCUT2D eigenvalue weighted by atomic mass is 10.1. The Kier molecular flexibility index (Phi) is 3.76. The second kappa shape index (κ2) is 5.77. The average molecular weight is 324 g/mol. The highest BCUT2D eigenvalue weighted by atomic mass is 16.6. The highest BCUT2D eigenvalue weighted by molar-refractivity contribution is 5.96. The Morgan fingerprint density at radius 3 is 2.54 bits per heavy atom. The van der Waals surface area contributed by atoms with Gasteiger partial charge in [-0.25, -0.2) is 0 Å². The van der Waals surface area contributed by atoms with Crippen LogP contribution in [0.2, 0.25) is 0 Å². The number of aromatic amines is 1. The van der Waals surface area contributed by atoms with E-state index in [9.17, 15) is 15.2 Å². The molecule has 2 N–H and O–H groups in total. The molecule has 7 nitrogen and oxygen atoms in total. The molecule has 1 heterocycles. The highest BCUT2D eigenvalue weighted by Gasteiger charge is 2.13. The minimum atomic E-state index is -0.478. The Hall–Kier alpha value is -3.22. The van der Waals surface area contributed by atoms with Crippen LogP contribution in [0.15, 0.2) is 40.6 Å². The standard InChI is InChI=1S/C17H16N4O3/c1-9-6-11(3)15-13(7-9)16(17(22)18-15)20-19-14-8-12(21(23)24)5-4-10(14)2/h4-8,18,22H,1-3H3. The first-order valence-corrected chi connectivity index (χ1v) is 7.35. The summed E-state index contributed by atoms with van der Waals surface area (Å²) in [4.78, 5) is 13.3. The first-order valence-electron chi connectivity index (χ1n) is 7.35. The molecule has 0 saturated heterocycles. The third-order valence-corrected chi connectivity index (χ3v) is 3.86. The molecule has 0 fully saturated rings. The number of aromatic hydroxyl groups is 1. The number of nitro groups is 1. The van der Waals surface area contributed by atoms with E-state index in [0.29, 0.717) is 11.4 Å². The molecule has 0 saturated carbocycles. The largest absolute Gasteiger partial charge is 0.493 e. The number of aromatic nitrogens is 1. The summed E-state index contributed by atoms with van der Waals surface area (Å²) in [5.41, 5.74) is 4.25. The molecule has 0 radical (unpaired) electrons. The number of nitro benzene ring substituents is 1. The van der Waals surface area contributed by atoms with Crippen LogP contribution >= 0.6 is 0 Å². The van der Waals surface area contributed by atoms with Crippen LogP contribution in [0.4, 0.5) is 17.1 Å². The molecule has 3 aromatic rings. The van der Waals surface area contributed by atoms with Crippen molar-refractivity contribution in [1.82, 2.24) is 4.98 Å². The number of fused-ring (bicyclic) bond motifs is 1. The maximum absolute atomic E-state index is 10.9. The van der Waals surface area contributed by atoms with E-state index in [2.05, 4.69) is 15.2 Å². The summed E-state index contributed by atoms with van der Waals surface area (Å²) in [6.45, 7) is 5.69. The topological polar surface area (TPSA) is 104 Å². The number of azo groups is 1. The molecule has 0 unspecified atom stereocenters. The summed E-state index contributed by atoms with van der Waals surface area (Å²) >= 11 is 0. The summed E-state index contributed by atoms with van der Waals surface area (Å²) in [6.07, 6.45) is 0. The van der Waals surface area contributed by atoms with Crippen LogP contribution in [0.5, 0.6) is 5.88 Å². The molecule has 0 spiro atoms. The maximum Gasteiger partial charge on any atom is 0.271 e. The van der Waals surface area contributed by atoms with Gasteiger partial charge < -0.3 is 10.1 Å². The van der Waals surface area contributed by atoms with Gasteiger partial charge in [-0.3, -0.25) is 10.1 Å². The first kappa shape index (κ1) is 15.7. The van der Waals surface area contributed by atoms with Crippen LogP contribution in [0, 0.1) is 30.9 Å². The smallest absolute Gasteiger partial charge is 0.271 e. The average Bonchev–Trinajstić information content (AvgIpc) is 2.82. The van der Waals surface area contributed by atoms with E-state index in [1.54, 1.807) is 13.0 Å². The number of hydrogen-bond donors (Lipinski definition) is 2. The van der Waals surface area contributed by atoms with Gasteiger partial charge in [0.15, 0.2) is 5.69 Å². The van der Waals surface area contributed by atoms with Gasteiger partial charge in [-0.05, 0) is 38.0 Å². The molecule has 122 valence electrons. The summed E-state index contributed by atoms with van der Waals surface area (Å²) in [5.74, 6) is -0.0782. The predicted octanol–water partition coefficient (Wildman–Crippen LogP) is 5.12. The Balaban J connectivity index is 2.10. The molecule has 3 rings (SSSR count). The van der Waals surface area contributed by atoms with Crippen LogP contribution in [0.25, 0.3) is 10.9 Å². The van der Waals surface area contributed by atoms with Gasteiger partial charge in [0.05, 0.1) is 16.1 Å². The van der Waals surface area contributed by atoms with Gasteiger partial charge in [0.2, 0.25) is 5.88 Å². The molecule has 2 aromatic carbocycles. The van der Waals surface area contributed by atoms with Crippen molar-refractivity contribution >= 4 is 28.0 Å². The number of H-pyrrole nitrogens is 1. The van der Waals surface area contributed by atoms with Crippen molar-refractivity contribution in [3.05, 3.63) is 57.1 Å². The van der Waals surface area contributed by atoms with E-state index >= 15 is 0 Å². The van der Waals surface area contributed by atoms with Gasteiger partial charge in [-0.1, -0.05) is 17.7 Å². The Labute approximate surface area is 137 Å². The van der Waals surface area contributed by atoms with E-state index in [1.807, 2.05) is 26.0 Å². The van der Waals surface area contributed by atoms with Crippen molar-refractivity contribution in [2.75, 3.05) is 0 Å². The highest BCUT2D eigenvalue weighted by Crippen LogP contribution is 2.38. The van der Waals surface area contributed by atoms with Crippen molar-refractivity contribution in [2.45, 2.75) is 20.8 Å². The Bertz CT molecular complexity index is 989. The number of non-ortho nitro benzene ring substituents is 1. The van der Waals surface area contributed by atoms with E-state index in [0.717, 1.165) is 27.6 Å². The zero-order valence-electron chi connectivity index (χ0n) is 13.5. The lowest BCUT2D eigenvalue weighted by Gasteiger charge is -2.00. The van der Waals surface area contributed by atoms with Crippen molar-refractivity contribution in [1.29, 1.82) is 0 Å². The number of benzene rings is 2. The molecule has 0 amide bonds. The minimum absolute atomic E-state index is 0.0515. The molecule has 0 aliphatic rings. The zero-order valence-corrected chi connectivity index (χ0v) is 13.5. The van der Waals surface area contributed by atoms with E-state index in [4.69, 9.17) is 0 Å². The van der Waals surface area contributed by atoms with Gasteiger partial charge in [0.25, 0.3) is 5.69 Å². The molecule has 1 aromatic heterocycles. The molecule has 0 aliphatic heterocycles. The number of nitrogens with one attached hydrogen (secondary N) is 1. The molecule has 0 bridgehead atoms. The quantitative estimate of drug-likeness (QED) is 0.397. The fraction of sp³-hybridized carbons (Fsp3) is 0.176. The van der Waals surface area contributed by atoms with Gasteiger partial charge in [-0.15, -0.1) is 10.2 Å². The van der Waals surface area contributed by atoms with Gasteiger partial charge in [0.1, 0.15) is 0 Å². The number of rotatable bonds is 3. The molecule has 0 atom stereocenters. The van der Waals surface area contributed by atoms with Crippen LogP contribution in [-0.4, -0.2) is 15.0 Å². The lowest BCUT2D eigenvalue weighted by molar-refractivity contribution is -0.384. The normalized spacial score (nSPS) is 11.5. The van der Waals surface area contributed by atoms with E-state index < -0.39 is 4.92 Å². The van der Waals surface area contributed by atoms with Crippen LogP contribution in [0.1, 0.15) is 16.7 Å². The summed E-state index contributed by atoms with van der Waals surface area (Å²) < 4.78 is 0. The predicted molar refractivity (Wildman–Crippen MR) is 91.4 cm³/mol. The molecular formula is C17H16N4O3. The number of hydrogen-bond acceptors (Lipinski definition) is 5. The SMILES string of the molecule is Cc1cc(C)c2[nH]c(O)c(N=Nc3cc([N+](=O)[O-])ccc3C)c2c1. The van der Waals surface area contributed by atoms with Gasteiger partial charge >= 0.3 is 0 Å². The lowest BCUT2D eigenvalue weighted by Crippen LogP contribution is -1.87. The minimum Gasteiger partial charge on any atom is -0.493 e. The summed E-state index contributed by atoms with van der Waals surface area (Å²) in [6, 6.07) is 8.32. The van der Waals surface area contributed by atoms with E-state index in [1.165, 1.54) is 12.1 Å².